The Morgan fingerprint density at radius 3 is 1.76 bits per heavy atom. The number of carboxylic acid groups (broad SMARTS) is 1. The molecule has 0 saturated carbocycles. The van der Waals surface area contributed by atoms with Gasteiger partial charge in [-0.05, 0) is 48.6 Å². The summed E-state index contributed by atoms with van der Waals surface area (Å²) in [5, 5.41) is 28.4. The molecule has 0 aliphatic carbocycles. The van der Waals surface area contributed by atoms with Gasteiger partial charge in [0.25, 0.3) is 0 Å². The molecule has 68 heavy (non-hydrogen) atoms. The van der Waals surface area contributed by atoms with E-state index in [1.165, 1.54) is 11.8 Å². The standard InChI is InChI=1S/C47H55N11O10/c1-27(43(64)53-26-42(62)63)54-47(68)38-16-9-17-58(38)41(61)25-52-44(65)36(19-29-22-49-33-14-7-5-12-31(29)33)56-46(67)37(20-30-23-50-34-15-8-6-13-32(30)34)57-45(66)35(18-28-10-3-2-4-11-28)55-40(60)24-51-39(59)21-48/h2-8,10-15,22-23,27,35-38,49-50H,9,16-21,24-26,48H2,1H3,(H,51,59)(H,52,65)(H,53,64)(H,54,68)(H,55,60)(H,56,67)(H,57,66)(H,62,63)/t27-,35-,36-,37-,38-/m0/s1. The van der Waals surface area contributed by atoms with E-state index < -0.39 is 103 Å². The van der Waals surface area contributed by atoms with E-state index in [0.717, 1.165) is 21.8 Å². The minimum atomic E-state index is -1.33. The fourth-order valence-electron chi connectivity index (χ4n) is 7.98. The number of hydrogen-bond acceptors (Lipinski definition) is 10. The molecule has 5 atom stereocenters. The van der Waals surface area contributed by atoms with Gasteiger partial charge in [-0.2, -0.15) is 0 Å². The summed E-state index contributed by atoms with van der Waals surface area (Å²) in [7, 11) is 0. The number of carbonyl (C=O) groups is 9. The van der Waals surface area contributed by atoms with Crippen LogP contribution in [0.2, 0.25) is 0 Å². The highest BCUT2D eigenvalue weighted by atomic mass is 16.4. The fraction of sp³-hybridized carbons (Fsp3) is 0.340. The molecule has 0 unspecified atom stereocenters. The second kappa shape index (κ2) is 23.4. The van der Waals surface area contributed by atoms with Gasteiger partial charge >= 0.3 is 5.97 Å². The number of likely N-dealkylation sites (tertiary alicyclic amines) is 1. The number of para-hydroxylation sites is 2. The molecule has 12 N–H and O–H groups in total. The Labute approximate surface area is 390 Å². The lowest BCUT2D eigenvalue weighted by molar-refractivity contribution is -0.140. The molecule has 0 bridgehead atoms. The van der Waals surface area contributed by atoms with Crippen LogP contribution in [0.3, 0.4) is 0 Å². The first kappa shape index (κ1) is 49.4. The molecule has 2 aromatic heterocycles. The SMILES string of the molecule is C[C@H](NC(=O)[C@@H]1CCCN1C(=O)CNC(=O)[C@H](Cc1c[nH]c2ccccc12)NC(=O)[C@H](Cc1c[nH]c2ccccc12)NC(=O)[C@H](Cc1ccccc1)NC(=O)CNC(=O)CN)C(=O)NCC(=O)O. The van der Waals surface area contributed by atoms with E-state index >= 15 is 0 Å². The van der Waals surface area contributed by atoms with E-state index in [-0.39, 0.29) is 38.8 Å². The van der Waals surface area contributed by atoms with Crippen LogP contribution in [-0.2, 0) is 62.4 Å². The molecule has 1 fully saturated rings. The summed E-state index contributed by atoms with van der Waals surface area (Å²) in [6.07, 6.45) is 4.06. The molecule has 21 heteroatoms. The van der Waals surface area contributed by atoms with Crippen molar-refractivity contribution in [2.45, 2.75) is 69.2 Å². The smallest absolute Gasteiger partial charge is 0.322 e. The Balaban J connectivity index is 1.23. The molecule has 358 valence electrons. The minimum absolute atomic E-state index is 0.0188. The Morgan fingerprint density at radius 1 is 0.632 bits per heavy atom. The molecule has 8 amide bonds. The van der Waals surface area contributed by atoms with E-state index in [4.69, 9.17) is 10.8 Å². The average Bonchev–Trinajstić information content (AvgIpc) is 4.10. The molecular formula is C47H55N11O10. The summed E-state index contributed by atoms with van der Waals surface area (Å²) in [5.41, 5.74) is 8.94. The number of carbonyl (C=O) groups excluding carboxylic acids is 8. The van der Waals surface area contributed by atoms with E-state index in [1.54, 1.807) is 42.7 Å². The first-order chi connectivity index (χ1) is 32.7. The van der Waals surface area contributed by atoms with Gasteiger partial charge in [0.1, 0.15) is 36.8 Å². The highest BCUT2D eigenvalue weighted by Gasteiger charge is 2.36. The van der Waals surface area contributed by atoms with E-state index in [0.29, 0.717) is 23.1 Å². The summed E-state index contributed by atoms with van der Waals surface area (Å²) >= 11 is 0. The average molecular weight is 934 g/mol. The highest BCUT2D eigenvalue weighted by molar-refractivity contribution is 5.98. The number of benzene rings is 3. The van der Waals surface area contributed by atoms with Gasteiger partial charge in [0.15, 0.2) is 0 Å². The van der Waals surface area contributed by atoms with Crippen molar-refractivity contribution in [3.05, 3.63) is 108 Å². The number of aliphatic carboxylic acids is 1. The summed E-state index contributed by atoms with van der Waals surface area (Å²) < 4.78 is 0. The largest absolute Gasteiger partial charge is 0.480 e. The minimum Gasteiger partial charge on any atom is -0.480 e. The monoisotopic (exact) mass is 933 g/mol. The number of hydrogen-bond donors (Lipinski definition) is 11. The predicted octanol–water partition coefficient (Wildman–Crippen LogP) is -0.981. The van der Waals surface area contributed by atoms with E-state index in [9.17, 15) is 43.2 Å². The number of rotatable bonds is 22. The molecule has 0 radical (unpaired) electrons. The Kier molecular flexibility index (Phi) is 17.0. The number of fused-ring (bicyclic) bond motifs is 2. The van der Waals surface area contributed by atoms with Crippen LogP contribution in [0.4, 0.5) is 0 Å². The predicted molar refractivity (Wildman–Crippen MR) is 248 cm³/mol. The van der Waals surface area contributed by atoms with Crippen LogP contribution in [0.5, 0.6) is 0 Å². The van der Waals surface area contributed by atoms with Crippen LogP contribution in [0, 0.1) is 0 Å². The van der Waals surface area contributed by atoms with Crippen molar-refractivity contribution in [2.75, 3.05) is 32.7 Å². The van der Waals surface area contributed by atoms with Crippen molar-refractivity contribution in [1.29, 1.82) is 0 Å². The number of aromatic amines is 2. The lowest BCUT2D eigenvalue weighted by atomic mass is 10.0. The zero-order chi connectivity index (χ0) is 48.7. The summed E-state index contributed by atoms with van der Waals surface area (Å²) in [6.45, 7) is -0.432. The van der Waals surface area contributed by atoms with Gasteiger partial charge in [-0.1, -0.05) is 66.7 Å². The number of nitrogens with two attached hydrogens (primary N) is 1. The third-order valence-electron chi connectivity index (χ3n) is 11.5. The summed E-state index contributed by atoms with van der Waals surface area (Å²) in [4.78, 5) is 126. The van der Waals surface area contributed by atoms with Gasteiger partial charge in [-0.15, -0.1) is 0 Å². The van der Waals surface area contributed by atoms with Gasteiger partial charge in [0.2, 0.25) is 47.3 Å². The highest BCUT2D eigenvalue weighted by Crippen LogP contribution is 2.22. The number of amides is 8. The number of H-pyrrole nitrogens is 2. The Morgan fingerprint density at radius 2 is 1.18 bits per heavy atom. The molecule has 1 aliphatic rings. The van der Waals surface area contributed by atoms with Gasteiger partial charge in [-0.25, -0.2) is 0 Å². The molecule has 3 heterocycles. The molecular weight excluding hydrogens is 879 g/mol. The lowest BCUT2D eigenvalue weighted by Gasteiger charge is -2.27. The van der Waals surface area contributed by atoms with E-state index in [2.05, 4.69) is 47.2 Å². The maximum atomic E-state index is 14.7. The molecule has 0 spiro atoms. The Bertz CT molecular complexity index is 2650. The molecule has 6 rings (SSSR count). The molecule has 5 aromatic rings. The van der Waals surface area contributed by atoms with Gasteiger partial charge in [0.05, 0.1) is 19.6 Å². The van der Waals surface area contributed by atoms with Crippen LogP contribution in [-0.4, -0.2) is 136 Å². The maximum absolute atomic E-state index is 14.7. The van der Waals surface area contributed by atoms with Crippen LogP contribution in [0.1, 0.15) is 36.5 Å². The van der Waals surface area contributed by atoms with Gasteiger partial charge in [0, 0.05) is 60.0 Å². The summed E-state index contributed by atoms with van der Waals surface area (Å²) in [5.74, 6) is -6.69. The lowest BCUT2D eigenvalue weighted by Crippen LogP contribution is -2.59. The van der Waals surface area contributed by atoms with Crippen molar-refractivity contribution in [1.82, 2.24) is 52.1 Å². The van der Waals surface area contributed by atoms with E-state index in [1.807, 2.05) is 48.5 Å². The Hall–Kier alpha value is -8.07. The molecule has 1 aliphatic heterocycles. The maximum Gasteiger partial charge on any atom is 0.322 e. The first-order valence-corrected chi connectivity index (χ1v) is 22.1. The fourth-order valence-corrected chi connectivity index (χ4v) is 7.98. The van der Waals surface area contributed by atoms with Crippen molar-refractivity contribution >= 4 is 75.0 Å². The van der Waals surface area contributed by atoms with Crippen molar-refractivity contribution in [3.8, 4) is 0 Å². The normalized spacial score (nSPS) is 15.0. The van der Waals surface area contributed by atoms with Crippen LogP contribution in [0.25, 0.3) is 21.8 Å². The number of aromatic nitrogens is 2. The van der Waals surface area contributed by atoms with Crippen LogP contribution < -0.4 is 43.0 Å². The number of nitrogens with zero attached hydrogens (tertiary/aromatic N) is 1. The topological polar surface area (TPSA) is 319 Å². The second-order valence-electron chi connectivity index (χ2n) is 16.3. The third kappa shape index (κ3) is 13.3. The molecule has 3 aromatic carbocycles. The molecule has 21 nitrogen and oxygen atoms in total. The van der Waals surface area contributed by atoms with Gasteiger partial charge in [-0.3, -0.25) is 43.2 Å². The third-order valence-corrected chi connectivity index (χ3v) is 11.5. The number of nitrogens with one attached hydrogen (secondary N) is 9. The molecule has 1 saturated heterocycles. The van der Waals surface area contributed by atoms with Crippen LogP contribution in [0.15, 0.2) is 91.3 Å². The first-order valence-electron chi connectivity index (χ1n) is 22.1. The van der Waals surface area contributed by atoms with Crippen molar-refractivity contribution < 1.29 is 48.3 Å². The number of carboxylic acids is 1. The zero-order valence-electron chi connectivity index (χ0n) is 37.3. The summed E-state index contributed by atoms with van der Waals surface area (Å²) in [6, 6.07) is 17.7. The van der Waals surface area contributed by atoms with Crippen molar-refractivity contribution in [3.63, 3.8) is 0 Å². The quantitative estimate of drug-likeness (QED) is 0.0401. The van der Waals surface area contributed by atoms with Gasteiger partial charge < -0.3 is 62.9 Å². The van der Waals surface area contributed by atoms with Crippen LogP contribution >= 0.6 is 0 Å². The second-order valence-corrected chi connectivity index (χ2v) is 16.3. The zero-order valence-corrected chi connectivity index (χ0v) is 37.3. The van der Waals surface area contributed by atoms with Crippen molar-refractivity contribution in [2.24, 2.45) is 5.73 Å².